The van der Waals surface area contributed by atoms with Gasteiger partial charge in [0.15, 0.2) is 0 Å². The summed E-state index contributed by atoms with van der Waals surface area (Å²) < 4.78 is 0. The lowest BCUT2D eigenvalue weighted by Crippen LogP contribution is -2.48. The second kappa shape index (κ2) is 6.09. The van der Waals surface area contributed by atoms with Crippen LogP contribution in [0.25, 0.3) is 17.2 Å². The van der Waals surface area contributed by atoms with Crippen molar-refractivity contribution in [3.05, 3.63) is 64.2 Å². The largest absolute Gasteiger partial charge is 0.0654 e. The molecule has 0 aromatic heterocycles. The number of allylic oxidation sites excluding steroid dienone is 1. The summed E-state index contributed by atoms with van der Waals surface area (Å²) in [4.78, 5) is 0. The van der Waals surface area contributed by atoms with Gasteiger partial charge in [0, 0.05) is 0 Å². The number of hydrogen-bond acceptors (Lipinski definition) is 0. The Labute approximate surface area is 170 Å². The molecule has 2 aromatic carbocycles. The monoisotopic (exact) mass is 368 g/mol. The summed E-state index contributed by atoms with van der Waals surface area (Å²) in [5.74, 6) is 3.05. The standard InChI is InChI=1S/C28H32/c1-3-19-13-26-18(2)4-9-25(27(26)14-19)23-5-7-24(8-6-23)28-15-20-10-21(16-28)12-22(11-20)17-28/h4-9,14,20-22H,3,10-13,15-17H2,1-2H3. The fourth-order valence-electron chi connectivity index (χ4n) is 7.60. The first-order valence-corrected chi connectivity index (χ1v) is 11.6. The number of fused-ring (bicyclic) bond motifs is 1. The van der Waals surface area contributed by atoms with Crippen molar-refractivity contribution in [2.24, 2.45) is 17.8 Å². The molecule has 7 rings (SSSR count). The van der Waals surface area contributed by atoms with E-state index in [1.807, 2.05) is 0 Å². The average Bonchev–Trinajstić information content (AvgIpc) is 3.13. The average molecular weight is 369 g/mol. The second-order valence-corrected chi connectivity index (χ2v) is 10.4. The number of aryl methyl sites for hydroxylation is 1. The van der Waals surface area contributed by atoms with Gasteiger partial charge in [-0.1, -0.05) is 55.0 Å². The Morgan fingerprint density at radius 1 is 0.857 bits per heavy atom. The predicted molar refractivity (Wildman–Crippen MR) is 118 cm³/mol. The summed E-state index contributed by atoms with van der Waals surface area (Å²) in [5.41, 5.74) is 11.1. The highest BCUT2D eigenvalue weighted by Crippen LogP contribution is 2.60. The van der Waals surface area contributed by atoms with Gasteiger partial charge in [0.2, 0.25) is 0 Å². The quantitative estimate of drug-likeness (QED) is 0.527. The van der Waals surface area contributed by atoms with E-state index in [0.717, 1.165) is 24.2 Å². The molecular weight excluding hydrogens is 336 g/mol. The van der Waals surface area contributed by atoms with E-state index in [-0.39, 0.29) is 0 Å². The molecule has 5 aliphatic rings. The molecule has 0 saturated heterocycles. The first-order chi connectivity index (χ1) is 13.6. The molecule has 2 aromatic rings. The summed E-state index contributed by atoms with van der Waals surface area (Å²) in [7, 11) is 0. The summed E-state index contributed by atoms with van der Waals surface area (Å²) in [6.45, 7) is 4.55. The van der Waals surface area contributed by atoms with Gasteiger partial charge >= 0.3 is 0 Å². The van der Waals surface area contributed by atoms with E-state index in [1.54, 1.807) is 16.7 Å². The van der Waals surface area contributed by atoms with Crippen LogP contribution in [0.3, 0.4) is 0 Å². The lowest BCUT2D eigenvalue weighted by molar-refractivity contribution is -0.00518. The maximum Gasteiger partial charge on any atom is -0.00391 e. The van der Waals surface area contributed by atoms with E-state index < -0.39 is 0 Å². The van der Waals surface area contributed by atoms with Crippen molar-refractivity contribution in [2.45, 2.75) is 70.6 Å². The number of hydrogen-bond donors (Lipinski definition) is 0. The fraction of sp³-hybridized carbons (Fsp3) is 0.500. The highest BCUT2D eigenvalue weighted by molar-refractivity contribution is 5.81. The van der Waals surface area contributed by atoms with Crippen molar-refractivity contribution in [3.63, 3.8) is 0 Å². The van der Waals surface area contributed by atoms with Gasteiger partial charge in [-0.05, 0) is 115 Å². The Kier molecular flexibility index (Phi) is 3.71. The lowest BCUT2D eigenvalue weighted by atomic mass is 9.48. The molecule has 0 radical (unpaired) electrons. The van der Waals surface area contributed by atoms with Crippen molar-refractivity contribution < 1.29 is 0 Å². The SMILES string of the molecule is CCC1=Cc2c(-c3ccc(C45CC6CC(CC(C6)C4)C5)cc3)ccc(C)c2C1. The van der Waals surface area contributed by atoms with Crippen molar-refractivity contribution in [1.82, 2.24) is 0 Å². The maximum absolute atomic E-state index is 2.49. The first-order valence-electron chi connectivity index (χ1n) is 11.6. The molecule has 4 fully saturated rings. The number of rotatable bonds is 3. The fourth-order valence-corrected chi connectivity index (χ4v) is 7.60. The van der Waals surface area contributed by atoms with E-state index in [0.29, 0.717) is 5.41 Å². The Bertz CT molecular complexity index is 921. The van der Waals surface area contributed by atoms with Crippen molar-refractivity contribution in [1.29, 1.82) is 0 Å². The van der Waals surface area contributed by atoms with E-state index in [1.165, 1.54) is 67.2 Å². The maximum atomic E-state index is 2.49. The third-order valence-corrected chi connectivity index (χ3v) is 8.64. The molecule has 0 unspecified atom stereocenters. The predicted octanol–water partition coefficient (Wildman–Crippen LogP) is 7.48. The zero-order valence-corrected chi connectivity index (χ0v) is 17.4. The van der Waals surface area contributed by atoms with Gasteiger partial charge in [0.25, 0.3) is 0 Å². The number of benzene rings is 2. The van der Waals surface area contributed by atoms with E-state index in [9.17, 15) is 0 Å². The molecule has 0 heterocycles. The molecule has 0 nitrogen and oxygen atoms in total. The van der Waals surface area contributed by atoms with E-state index in [2.05, 4.69) is 56.3 Å². The third-order valence-electron chi connectivity index (χ3n) is 8.64. The van der Waals surface area contributed by atoms with Gasteiger partial charge in [0.05, 0.1) is 0 Å². The molecule has 4 saturated carbocycles. The van der Waals surface area contributed by atoms with E-state index in [4.69, 9.17) is 0 Å². The Morgan fingerprint density at radius 3 is 2.11 bits per heavy atom. The molecule has 0 aliphatic heterocycles. The lowest BCUT2D eigenvalue weighted by Gasteiger charge is -2.57. The Morgan fingerprint density at radius 2 is 1.50 bits per heavy atom. The second-order valence-electron chi connectivity index (χ2n) is 10.4. The summed E-state index contributed by atoms with van der Waals surface area (Å²) in [6.07, 6.45) is 13.7. The van der Waals surface area contributed by atoms with Gasteiger partial charge in [0.1, 0.15) is 0 Å². The van der Waals surface area contributed by atoms with Crippen LogP contribution in [0.1, 0.15) is 74.1 Å². The van der Waals surface area contributed by atoms with Crippen LogP contribution in [-0.4, -0.2) is 0 Å². The van der Waals surface area contributed by atoms with Crippen LogP contribution in [0.5, 0.6) is 0 Å². The minimum atomic E-state index is 0.512. The first kappa shape index (κ1) is 17.1. The molecule has 28 heavy (non-hydrogen) atoms. The van der Waals surface area contributed by atoms with Gasteiger partial charge in [-0.15, -0.1) is 0 Å². The molecule has 0 spiro atoms. The van der Waals surface area contributed by atoms with Crippen LogP contribution in [-0.2, 0) is 11.8 Å². The molecule has 4 bridgehead atoms. The zero-order valence-electron chi connectivity index (χ0n) is 17.4. The van der Waals surface area contributed by atoms with Crippen molar-refractivity contribution >= 4 is 6.08 Å². The topological polar surface area (TPSA) is 0 Å². The van der Waals surface area contributed by atoms with Crippen LogP contribution in [0, 0.1) is 24.7 Å². The Hall–Kier alpha value is -1.82. The normalized spacial score (nSPS) is 32.5. The van der Waals surface area contributed by atoms with Crippen LogP contribution in [0.2, 0.25) is 0 Å². The van der Waals surface area contributed by atoms with E-state index >= 15 is 0 Å². The van der Waals surface area contributed by atoms with Crippen LogP contribution >= 0.6 is 0 Å². The highest BCUT2D eigenvalue weighted by Gasteiger charge is 2.51. The minimum absolute atomic E-state index is 0.512. The molecule has 5 aliphatic carbocycles. The van der Waals surface area contributed by atoms with Crippen LogP contribution < -0.4 is 0 Å². The van der Waals surface area contributed by atoms with Crippen molar-refractivity contribution in [2.75, 3.05) is 0 Å². The Balaban J connectivity index is 1.36. The minimum Gasteiger partial charge on any atom is -0.0654 e. The molecule has 0 amide bonds. The molecule has 144 valence electrons. The molecule has 0 N–H and O–H groups in total. The van der Waals surface area contributed by atoms with Gasteiger partial charge < -0.3 is 0 Å². The molecular formula is C28H32. The van der Waals surface area contributed by atoms with Gasteiger partial charge in [-0.25, -0.2) is 0 Å². The van der Waals surface area contributed by atoms with Gasteiger partial charge in [-0.3, -0.25) is 0 Å². The smallest absolute Gasteiger partial charge is 0.00391 e. The van der Waals surface area contributed by atoms with Crippen LogP contribution in [0.15, 0.2) is 42.0 Å². The summed E-state index contributed by atoms with van der Waals surface area (Å²) in [6, 6.07) is 14.5. The highest BCUT2D eigenvalue weighted by atomic mass is 14.6. The zero-order chi connectivity index (χ0) is 18.9. The molecule has 0 atom stereocenters. The molecule has 0 heteroatoms. The third kappa shape index (κ3) is 2.49. The summed E-state index contributed by atoms with van der Waals surface area (Å²) in [5, 5.41) is 0. The van der Waals surface area contributed by atoms with Crippen LogP contribution in [0.4, 0.5) is 0 Å². The summed E-state index contributed by atoms with van der Waals surface area (Å²) >= 11 is 0. The van der Waals surface area contributed by atoms with Gasteiger partial charge in [-0.2, -0.15) is 0 Å². The van der Waals surface area contributed by atoms with Crippen molar-refractivity contribution in [3.8, 4) is 11.1 Å².